The van der Waals surface area contributed by atoms with Gasteiger partial charge in [0.1, 0.15) is 0 Å². The van der Waals surface area contributed by atoms with E-state index in [0.717, 1.165) is 24.2 Å². The van der Waals surface area contributed by atoms with Crippen molar-refractivity contribution in [3.63, 3.8) is 0 Å². The van der Waals surface area contributed by atoms with E-state index in [2.05, 4.69) is 22.4 Å². The Balaban J connectivity index is 2.32. The van der Waals surface area contributed by atoms with Crippen LogP contribution in [0.2, 0.25) is 0 Å². The summed E-state index contributed by atoms with van der Waals surface area (Å²) >= 11 is 0. The molecule has 0 spiro atoms. The summed E-state index contributed by atoms with van der Waals surface area (Å²) in [6.07, 6.45) is 6.40. The second-order valence-corrected chi connectivity index (χ2v) is 3.87. The van der Waals surface area contributed by atoms with Crippen LogP contribution in [-0.2, 0) is 6.54 Å². The first-order valence-electron chi connectivity index (χ1n) is 5.74. The van der Waals surface area contributed by atoms with Crippen molar-refractivity contribution in [2.75, 3.05) is 0 Å². The average molecular weight is 231 g/mol. The molecule has 0 radical (unpaired) electrons. The van der Waals surface area contributed by atoms with Gasteiger partial charge < -0.3 is 0 Å². The highest BCUT2D eigenvalue weighted by atomic mass is 15.3. The SMILES string of the molecule is CCCn1nccc1C(NN)c1cccnc1. The summed E-state index contributed by atoms with van der Waals surface area (Å²) in [5.41, 5.74) is 4.91. The van der Waals surface area contributed by atoms with Gasteiger partial charge >= 0.3 is 0 Å². The molecule has 90 valence electrons. The molecule has 2 rings (SSSR count). The number of hydrazine groups is 1. The predicted octanol–water partition coefficient (Wildman–Crippen LogP) is 1.24. The number of rotatable bonds is 5. The van der Waals surface area contributed by atoms with Crippen molar-refractivity contribution >= 4 is 0 Å². The molecule has 2 aromatic heterocycles. The van der Waals surface area contributed by atoms with Gasteiger partial charge in [-0.05, 0) is 24.1 Å². The summed E-state index contributed by atoms with van der Waals surface area (Å²) < 4.78 is 1.97. The molecule has 0 aliphatic rings. The largest absolute Gasteiger partial charge is 0.271 e. The van der Waals surface area contributed by atoms with Crippen LogP contribution < -0.4 is 11.3 Å². The Labute approximate surface area is 101 Å². The number of nitrogens with one attached hydrogen (secondary N) is 1. The second kappa shape index (κ2) is 5.56. The molecule has 0 saturated heterocycles. The van der Waals surface area contributed by atoms with Crippen molar-refractivity contribution in [1.29, 1.82) is 0 Å². The molecule has 5 nitrogen and oxygen atoms in total. The van der Waals surface area contributed by atoms with Gasteiger partial charge in [0, 0.05) is 25.1 Å². The van der Waals surface area contributed by atoms with Crippen LogP contribution in [0.3, 0.4) is 0 Å². The molecule has 5 heteroatoms. The van der Waals surface area contributed by atoms with Crippen LogP contribution in [0.5, 0.6) is 0 Å². The number of aryl methyl sites for hydroxylation is 1. The van der Waals surface area contributed by atoms with Gasteiger partial charge in [-0.2, -0.15) is 5.10 Å². The number of hydrogen-bond acceptors (Lipinski definition) is 4. The zero-order chi connectivity index (χ0) is 12.1. The molecule has 0 bridgehead atoms. The molecule has 0 aliphatic carbocycles. The minimum absolute atomic E-state index is 0.0715. The minimum atomic E-state index is -0.0715. The van der Waals surface area contributed by atoms with Crippen LogP contribution in [0.4, 0.5) is 0 Å². The first kappa shape index (κ1) is 11.8. The molecule has 0 saturated carbocycles. The lowest BCUT2D eigenvalue weighted by atomic mass is 10.1. The first-order valence-corrected chi connectivity index (χ1v) is 5.74. The maximum absolute atomic E-state index is 5.64. The zero-order valence-electron chi connectivity index (χ0n) is 9.87. The number of nitrogens with two attached hydrogens (primary N) is 1. The Bertz CT molecular complexity index is 451. The van der Waals surface area contributed by atoms with Gasteiger partial charge in [-0.15, -0.1) is 0 Å². The molecule has 17 heavy (non-hydrogen) atoms. The number of aromatic nitrogens is 3. The van der Waals surface area contributed by atoms with Crippen LogP contribution in [0.15, 0.2) is 36.8 Å². The Kier molecular flexibility index (Phi) is 3.85. The minimum Gasteiger partial charge on any atom is -0.271 e. The highest BCUT2D eigenvalue weighted by molar-refractivity contribution is 5.24. The monoisotopic (exact) mass is 231 g/mol. The van der Waals surface area contributed by atoms with Gasteiger partial charge in [-0.3, -0.25) is 15.5 Å². The smallest absolute Gasteiger partial charge is 0.0893 e. The fraction of sp³-hybridized carbons (Fsp3) is 0.333. The van der Waals surface area contributed by atoms with Crippen molar-refractivity contribution in [2.45, 2.75) is 25.9 Å². The number of pyridine rings is 1. The highest BCUT2D eigenvalue weighted by Gasteiger charge is 2.16. The van der Waals surface area contributed by atoms with Crippen LogP contribution in [0, 0.1) is 0 Å². The maximum atomic E-state index is 5.64. The summed E-state index contributed by atoms with van der Waals surface area (Å²) in [4.78, 5) is 4.11. The van der Waals surface area contributed by atoms with Gasteiger partial charge in [0.15, 0.2) is 0 Å². The van der Waals surface area contributed by atoms with E-state index in [4.69, 9.17) is 5.84 Å². The van der Waals surface area contributed by atoms with Crippen molar-refractivity contribution in [2.24, 2.45) is 5.84 Å². The topological polar surface area (TPSA) is 68.8 Å². The van der Waals surface area contributed by atoms with E-state index >= 15 is 0 Å². The average Bonchev–Trinajstić information content (AvgIpc) is 2.81. The van der Waals surface area contributed by atoms with E-state index in [1.54, 1.807) is 12.4 Å². The number of hydrogen-bond donors (Lipinski definition) is 2. The van der Waals surface area contributed by atoms with Gasteiger partial charge in [0.2, 0.25) is 0 Å². The third-order valence-electron chi connectivity index (χ3n) is 2.66. The molecule has 1 atom stereocenters. The molecule has 1 unspecified atom stereocenters. The lowest BCUT2D eigenvalue weighted by Crippen LogP contribution is -2.30. The third-order valence-corrected chi connectivity index (χ3v) is 2.66. The van der Waals surface area contributed by atoms with Crippen LogP contribution in [0.25, 0.3) is 0 Å². The summed E-state index contributed by atoms with van der Waals surface area (Å²) in [6, 6.07) is 5.81. The first-order chi connectivity index (χ1) is 8.36. The van der Waals surface area contributed by atoms with E-state index < -0.39 is 0 Å². The summed E-state index contributed by atoms with van der Waals surface area (Å²) in [5, 5.41) is 4.30. The molecule has 0 fully saturated rings. The van der Waals surface area contributed by atoms with Crippen LogP contribution in [0.1, 0.15) is 30.6 Å². The van der Waals surface area contributed by atoms with E-state index in [1.807, 2.05) is 29.1 Å². The predicted molar refractivity (Wildman–Crippen MR) is 65.9 cm³/mol. The molecular weight excluding hydrogens is 214 g/mol. The van der Waals surface area contributed by atoms with Crippen LogP contribution in [-0.4, -0.2) is 14.8 Å². The molecule has 2 aromatic rings. The van der Waals surface area contributed by atoms with Crippen molar-refractivity contribution < 1.29 is 0 Å². The second-order valence-electron chi connectivity index (χ2n) is 3.87. The van der Waals surface area contributed by atoms with Gasteiger partial charge in [0.25, 0.3) is 0 Å². The molecule has 2 heterocycles. The summed E-state index contributed by atoms with van der Waals surface area (Å²) in [6.45, 7) is 3.02. The Morgan fingerprint density at radius 1 is 1.41 bits per heavy atom. The highest BCUT2D eigenvalue weighted by Crippen LogP contribution is 2.20. The van der Waals surface area contributed by atoms with Gasteiger partial charge in [-0.25, -0.2) is 5.43 Å². The molecule has 0 amide bonds. The summed E-state index contributed by atoms with van der Waals surface area (Å²) in [5.74, 6) is 5.64. The van der Waals surface area contributed by atoms with Crippen molar-refractivity contribution in [3.8, 4) is 0 Å². The Morgan fingerprint density at radius 3 is 2.94 bits per heavy atom. The Hall–Kier alpha value is -1.72. The normalized spacial score (nSPS) is 12.6. The lowest BCUT2D eigenvalue weighted by molar-refractivity contribution is 0.520. The van der Waals surface area contributed by atoms with Crippen molar-refractivity contribution in [3.05, 3.63) is 48.0 Å². The van der Waals surface area contributed by atoms with Crippen molar-refractivity contribution in [1.82, 2.24) is 20.2 Å². The summed E-state index contributed by atoms with van der Waals surface area (Å²) in [7, 11) is 0. The van der Waals surface area contributed by atoms with Gasteiger partial charge in [-0.1, -0.05) is 13.0 Å². The molecule has 0 aromatic carbocycles. The maximum Gasteiger partial charge on any atom is 0.0893 e. The zero-order valence-corrected chi connectivity index (χ0v) is 9.87. The standard InChI is InChI=1S/C12H17N5/c1-2-8-17-11(5-7-15-17)12(16-13)10-4-3-6-14-9-10/h3-7,9,12,16H,2,8,13H2,1H3. The van der Waals surface area contributed by atoms with E-state index in [1.165, 1.54) is 0 Å². The lowest BCUT2D eigenvalue weighted by Gasteiger charge is -2.17. The molecule has 3 N–H and O–H groups in total. The Morgan fingerprint density at radius 2 is 2.29 bits per heavy atom. The van der Waals surface area contributed by atoms with E-state index in [-0.39, 0.29) is 6.04 Å². The number of nitrogens with zero attached hydrogens (tertiary/aromatic N) is 3. The third kappa shape index (κ3) is 2.51. The van der Waals surface area contributed by atoms with Crippen LogP contribution >= 0.6 is 0 Å². The fourth-order valence-electron chi connectivity index (χ4n) is 1.89. The van der Waals surface area contributed by atoms with E-state index in [0.29, 0.717) is 0 Å². The molecular formula is C12H17N5. The van der Waals surface area contributed by atoms with E-state index in [9.17, 15) is 0 Å². The molecule has 0 aliphatic heterocycles. The fourth-order valence-corrected chi connectivity index (χ4v) is 1.89. The quantitative estimate of drug-likeness (QED) is 0.600. The van der Waals surface area contributed by atoms with Gasteiger partial charge in [0.05, 0.1) is 11.7 Å².